The van der Waals surface area contributed by atoms with Crippen LogP contribution in [-0.2, 0) is 19.1 Å². The van der Waals surface area contributed by atoms with Crippen LogP contribution in [-0.4, -0.2) is 54.4 Å². The van der Waals surface area contributed by atoms with Gasteiger partial charge in [0.1, 0.15) is 5.57 Å². The summed E-state index contributed by atoms with van der Waals surface area (Å²) in [6.45, 7) is 2.10. The van der Waals surface area contributed by atoms with Crippen molar-refractivity contribution in [1.29, 1.82) is 0 Å². The molecule has 4 amide bonds. The number of allylic oxidation sites excluding steroid dienone is 2. The maximum absolute atomic E-state index is 12.5. The molecule has 0 aliphatic carbocycles. The number of ether oxygens (including phenoxy) is 2. The number of urea groups is 1. The number of carbonyl (C=O) groups excluding carboxylic acids is 4. The first-order chi connectivity index (χ1) is 13.0. The predicted octanol–water partition coefficient (Wildman–Crippen LogP) is 1.22. The van der Waals surface area contributed by atoms with Crippen molar-refractivity contribution in [1.82, 2.24) is 9.80 Å². The van der Waals surface area contributed by atoms with E-state index in [2.05, 4.69) is 4.74 Å². The zero-order valence-corrected chi connectivity index (χ0v) is 14.7. The van der Waals surface area contributed by atoms with Gasteiger partial charge >= 0.3 is 6.03 Å². The van der Waals surface area contributed by atoms with Gasteiger partial charge in [-0.3, -0.25) is 19.3 Å². The molecule has 1 aromatic carbocycles. The topological polar surface area (TPSA) is 96.5 Å². The number of benzene rings is 1. The lowest BCUT2D eigenvalue weighted by molar-refractivity contribution is -0.142. The maximum Gasteiger partial charge on any atom is 0.336 e. The molecule has 9 nitrogen and oxygen atoms in total. The number of hydrogen-bond donors (Lipinski definition) is 0. The molecule has 1 saturated heterocycles. The quantitative estimate of drug-likeness (QED) is 0.436. The number of anilines is 1. The average molecular weight is 371 g/mol. The smallest absolute Gasteiger partial charge is 0.336 e. The molecule has 0 bridgehead atoms. The second-order valence-electron chi connectivity index (χ2n) is 5.67. The third kappa shape index (κ3) is 3.14. The van der Waals surface area contributed by atoms with Crippen molar-refractivity contribution in [2.24, 2.45) is 0 Å². The number of nitrogens with zero attached hydrogens (tertiary/aromatic N) is 3. The largest absolute Gasteiger partial charge is 0.446 e. The van der Waals surface area contributed by atoms with E-state index in [1.807, 2.05) is 36.1 Å². The van der Waals surface area contributed by atoms with Crippen LogP contribution in [0.1, 0.15) is 6.92 Å². The SMILES string of the molecule is CCN1C(=CC=C2C(=O)N(C)C(=O)N(COC=O)C2=O)Oc2ccccc21. The molecular weight excluding hydrogens is 354 g/mol. The van der Waals surface area contributed by atoms with Crippen molar-refractivity contribution in [2.75, 3.05) is 25.2 Å². The molecule has 0 saturated carbocycles. The van der Waals surface area contributed by atoms with Crippen molar-refractivity contribution >= 4 is 30.0 Å². The fourth-order valence-corrected chi connectivity index (χ4v) is 2.79. The summed E-state index contributed by atoms with van der Waals surface area (Å²) in [4.78, 5) is 50.6. The van der Waals surface area contributed by atoms with Crippen LogP contribution in [0.2, 0.25) is 0 Å². The molecule has 0 aromatic heterocycles. The standard InChI is InChI=1S/C18H17N3O6/c1-3-20-13-6-4-5-7-14(13)27-15(20)9-8-12-16(23)19(2)18(25)21(17(12)24)10-26-11-22/h4-9,11H,3,10H2,1-2H3. The van der Waals surface area contributed by atoms with Gasteiger partial charge in [-0.15, -0.1) is 0 Å². The number of imide groups is 2. The van der Waals surface area contributed by atoms with E-state index < -0.39 is 24.6 Å². The number of hydrogen-bond acceptors (Lipinski definition) is 7. The van der Waals surface area contributed by atoms with E-state index in [0.717, 1.165) is 10.6 Å². The molecule has 0 radical (unpaired) electrons. The lowest BCUT2D eigenvalue weighted by Gasteiger charge is -2.30. The minimum Gasteiger partial charge on any atom is -0.446 e. The van der Waals surface area contributed by atoms with E-state index in [1.165, 1.54) is 19.2 Å². The molecule has 27 heavy (non-hydrogen) atoms. The average Bonchev–Trinajstić information content (AvgIpc) is 3.03. The van der Waals surface area contributed by atoms with Crippen molar-refractivity contribution in [3.8, 4) is 5.75 Å². The Morgan fingerprint density at radius 3 is 2.52 bits per heavy atom. The van der Waals surface area contributed by atoms with Crippen LogP contribution in [0, 0.1) is 0 Å². The number of para-hydroxylation sites is 2. The van der Waals surface area contributed by atoms with E-state index in [0.29, 0.717) is 23.1 Å². The Hall–Kier alpha value is -3.62. The van der Waals surface area contributed by atoms with Gasteiger partial charge < -0.3 is 14.4 Å². The minimum atomic E-state index is -0.864. The predicted molar refractivity (Wildman–Crippen MR) is 93.3 cm³/mol. The Balaban J connectivity index is 1.92. The molecule has 2 aliphatic rings. The van der Waals surface area contributed by atoms with E-state index in [9.17, 15) is 19.2 Å². The molecule has 140 valence electrons. The first-order valence-corrected chi connectivity index (χ1v) is 8.15. The number of amides is 4. The Morgan fingerprint density at radius 1 is 1.07 bits per heavy atom. The summed E-state index contributed by atoms with van der Waals surface area (Å²) >= 11 is 0. The monoisotopic (exact) mass is 371 g/mol. The molecule has 1 aromatic rings. The Labute approximate surface area is 155 Å². The molecule has 0 atom stereocenters. The van der Waals surface area contributed by atoms with Crippen LogP contribution in [0.4, 0.5) is 10.5 Å². The number of rotatable bonds is 5. The highest BCUT2D eigenvalue weighted by Gasteiger charge is 2.40. The van der Waals surface area contributed by atoms with Crippen molar-refractivity contribution < 1.29 is 28.7 Å². The summed E-state index contributed by atoms with van der Waals surface area (Å²) in [6.07, 6.45) is 2.79. The Kier molecular flexibility index (Phi) is 4.93. The van der Waals surface area contributed by atoms with Gasteiger partial charge in [0.2, 0.25) is 5.88 Å². The lowest BCUT2D eigenvalue weighted by Crippen LogP contribution is -2.55. The molecule has 2 heterocycles. The number of likely N-dealkylation sites (N-methyl/N-ethyl adjacent to an activating group) is 1. The van der Waals surface area contributed by atoms with Crippen LogP contribution >= 0.6 is 0 Å². The maximum atomic E-state index is 12.5. The van der Waals surface area contributed by atoms with Crippen LogP contribution in [0.15, 0.2) is 47.9 Å². The second-order valence-corrected chi connectivity index (χ2v) is 5.67. The normalized spacial score (nSPS) is 19.6. The number of barbiturate groups is 1. The van der Waals surface area contributed by atoms with Crippen LogP contribution in [0.5, 0.6) is 5.75 Å². The van der Waals surface area contributed by atoms with E-state index in [4.69, 9.17) is 4.74 Å². The molecule has 2 aliphatic heterocycles. The Bertz CT molecular complexity index is 876. The fraction of sp³-hybridized carbons (Fsp3) is 0.222. The van der Waals surface area contributed by atoms with Crippen LogP contribution in [0.25, 0.3) is 0 Å². The molecule has 3 rings (SSSR count). The van der Waals surface area contributed by atoms with Gasteiger partial charge in [0, 0.05) is 13.6 Å². The highest BCUT2D eigenvalue weighted by molar-refractivity contribution is 6.28. The Morgan fingerprint density at radius 2 is 1.81 bits per heavy atom. The molecular formula is C18H17N3O6. The fourth-order valence-electron chi connectivity index (χ4n) is 2.79. The molecule has 1 fully saturated rings. The minimum absolute atomic E-state index is 0.116. The summed E-state index contributed by atoms with van der Waals surface area (Å²) in [5.41, 5.74) is 0.633. The van der Waals surface area contributed by atoms with Crippen molar-refractivity contribution in [3.05, 3.63) is 47.9 Å². The van der Waals surface area contributed by atoms with Crippen molar-refractivity contribution in [3.63, 3.8) is 0 Å². The summed E-state index contributed by atoms with van der Waals surface area (Å²) < 4.78 is 10.3. The van der Waals surface area contributed by atoms with Gasteiger partial charge in [0.25, 0.3) is 18.3 Å². The molecule has 0 unspecified atom stereocenters. The lowest BCUT2D eigenvalue weighted by atomic mass is 10.1. The number of carbonyl (C=O) groups is 4. The van der Waals surface area contributed by atoms with E-state index >= 15 is 0 Å². The van der Waals surface area contributed by atoms with Gasteiger partial charge in [0.15, 0.2) is 12.5 Å². The second kappa shape index (κ2) is 7.32. The zero-order valence-electron chi connectivity index (χ0n) is 14.7. The third-order valence-electron chi connectivity index (χ3n) is 4.15. The molecule has 0 spiro atoms. The van der Waals surface area contributed by atoms with E-state index in [-0.39, 0.29) is 12.0 Å². The first kappa shape index (κ1) is 18.2. The van der Waals surface area contributed by atoms with Gasteiger partial charge in [-0.25, -0.2) is 9.69 Å². The summed E-state index contributed by atoms with van der Waals surface area (Å²) in [5.74, 6) is -0.483. The van der Waals surface area contributed by atoms with Crippen LogP contribution in [0.3, 0.4) is 0 Å². The van der Waals surface area contributed by atoms with Crippen LogP contribution < -0.4 is 9.64 Å². The summed E-state index contributed by atoms with van der Waals surface area (Å²) in [5, 5.41) is 0. The zero-order chi connectivity index (χ0) is 19.6. The van der Waals surface area contributed by atoms with Crippen molar-refractivity contribution in [2.45, 2.75) is 6.92 Å². The van der Waals surface area contributed by atoms with Gasteiger partial charge in [-0.2, -0.15) is 0 Å². The molecule has 9 heteroatoms. The first-order valence-electron chi connectivity index (χ1n) is 8.15. The van der Waals surface area contributed by atoms with Gasteiger partial charge in [-0.1, -0.05) is 12.1 Å². The summed E-state index contributed by atoms with van der Waals surface area (Å²) in [6, 6.07) is 6.57. The summed E-state index contributed by atoms with van der Waals surface area (Å²) in [7, 11) is 1.24. The highest BCUT2D eigenvalue weighted by atomic mass is 16.5. The van der Waals surface area contributed by atoms with Gasteiger partial charge in [0.05, 0.1) is 5.69 Å². The third-order valence-corrected chi connectivity index (χ3v) is 4.15. The number of fused-ring (bicyclic) bond motifs is 1. The highest BCUT2D eigenvalue weighted by Crippen LogP contribution is 2.38. The molecule has 0 N–H and O–H groups in total. The van der Waals surface area contributed by atoms with Gasteiger partial charge in [-0.05, 0) is 31.2 Å². The van der Waals surface area contributed by atoms with E-state index in [1.54, 1.807) is 0 Å².